The van der Waals surface area contributed by atoms with Crippen LogP contribution in [0.25, 0.3) is 0 Å². The van der Waals surface area contributed by atoms with Crippen molar-refractivity contribution in [2.24, 2.45) is 0 Å². The molecule has 4 nitrogen and oxygen atoms in total. The van der Waals surface area contributed by atoms with E-state index in [-0.39, 0.29) is 6.92 Å². The van der Waals surface area contributed by atoms with Gasteiger partial charge in [-0.15, -0.1) is 0 Å². The largest absolute Gasteiger partial charge is 0.460 e. The molecule has 0 saturated heterocycles. The van der Waals surface area contributed by atoms with Crippen molar-refractivity contribution in [2.75, 3.05) is 13.2 Å². The van der Waals surface area contributed by atoms with Gasteiger partial charge in [0.15, 0.2) is 13.2 Å². The molecule has 0 amide bonds. The molecule has 0 fully saturated rings. The normalized spacial score (nSPS) is 15.5. The van der Waals surface area contributed by atoms with Crippen molar-refractivity contribution in [3.05, 3.63) is 11.6 Å². The number of hydrogen-bond acceptors (Lipinski definition) is 4. The second-order valence-electron chi connectivity index (χ2n) is 6.71. The van der Waals surface area contributed by atoms with Crippen molar-refractivity contribution in [1.82, 2.24) is 0 Å². The highest BCUT2D eigenvalue weighted by molar-refractivity contribution is 5.95. The molecule has 0 radical (unpaired) electrons. The standard InChI is InChI=1S/C15H8F18O4/c1-5(7(35)37-4-9(18,19)11(22,23)13(26,27)15(31,32)33)2-6(34)36-3-8(16,17)10(20,21)12(24,25)14(28,29)30/h2H,3-4H2,1H3/b5-2-. The predicted molar refractivity (Wildman–Crippen MR) is 77.5 cm³/mol. The third-order valence-corrected chi connectivity index (χ3v) is 3.86. The van der Waals surface area contributed by atoms with Crippen molar-refractivity contribution >= 4 is 11.9 Å². The molecule has 22 heteroatoms. The van der Waals surface area contributed by atoms with Gasteiger partial charge in [-0.05, 0) is 6.92 Å². The van der Waals surface area contributed by atoms with E-state index in [1.165, 1.54) is 0 Å². The van der Waals surface area contributed by atoms with Crippen LogP contribution in [0.3, 0.4) is 0 Å². The smallest absolute Gasteiger partial charge is 0.456 e. The number of rotatable bonds is 10. The van der Waals surface area contributed by atoms with Crippen LogP contribution in [-0.2, 0) is 19.1 Å². The molecule has 218 valence electrons. The number of halogens is 18. The minimum absolute atomic E-state index is 0.245. The van der Waals surface area contributed by atoms with Crippen LogP contribution in [0.5, 0.6) is 0 Å². The average molecular weight is 594 g/mol. The molecule has 0 bridgehead atoms. The zero-order valence-electron chi connectivity index (χ0n) is 16.9. The molecule has 0 aromatic rings. The van der Waals surface area contributed by atoms with Crippen molar-refractivity contribution in [1.29, 1.82) is 0 Å². The molecule has 0 unspecified atom stereocenters. The Morgan fingerprint density at radius 3 is 1.14 bits per heavy atom. The molecule has 0 aliphatic heterocycles. The van der Waals surface area contributed by atoms with Crippen LogP contribution >= 0.6 is 0 Å². The van der Waals surface area contributed by atoms with Crippen molar-refractivity contribution in [2.45, 2.75) is 54.8 Å². The fourth-order valence-corrected chi connectivity index (χ4v) is 1.71. The maximum atomic E-state index is 13.2. The Morgan fingerprint density at radius 2 is 0.838 bits per heavy atom. The average Bonchev–Trinajstić information content (AvgIpc) is 2.68. The van der Waals surface area contributed by atoms with E-state index in [0.29, 0.717) is 0 Å². The third-order valence-electron chi connectivity index (χ3n) is 3.86. The first-order chi connectivity index (χ1) is 15.9. The molecule has 0 aliphatic rings. The van der Waals surface area contributed by atoms with E-state index in [9.17, 15) is 88.6 Å². The highest BCUT2D eigenvalue weighted by atomic mass is 19.4. The van der Waals surface area contributed by atoms with Crippen molar-refractivity contribution < 1.29 is 98.1 Å². The van der Waals surface area contributed by atoms with Gasteiger partial charge in [-0.25, -0.2) is 9.59 Å². The van der Waals surface area contributed by atoms with Gasteiger partial charge in [0.05, 0.1) is 0 Å². The number of ether oxygens (including phenoxy) is 2. The van der Waals surface area contributed by atoms with Gasteiger partial charge in [-0.2, -0.15) is 79.0 Å². The molecule has 0 heterocycles. The number of esters is 2. The third kappa shape index (κ3) is 6.47. The summed E-state index contributed by atoms with van der Waals surface area (Å²) in [5, 5.41) is 0. The van der Waals surface area contributed by atoms with Crippen molar-refractivity contribution in [3.63, 3.8) is 0 Å². The minimum Gasteiger partial charge on any atom is -0.456 e. The Morgan fingerprint density at radius 1 is 0.541 bits per heavy atom. The van der Waals surface area contributed by atoms with Crippen LogP contribution in [0.2, 0.25) is 0 Å². The Bertz CT molecular complexity index is 883. The van der Waals surface area contributed by atoms with Crippen LogP contribution in [0.4, 0.5) is 79.0 Å². The number of carbonyl (C=O) groups is 2. The van der Waals surface area contributed by atoms with Crippen molar-refractivity contribution in [3.8, 4) is 0 Å². The second kappa shape index (κ2) is 9.95. The van der Waals surface area contributed by atoms with Crippen LogP contribution in [0.1, 0.15) is 6.92 Å². The van der Waals surface area contributed by atoms with E-state index < -0.39 is 84.7 Å². The summed E-state index contributed by atoms with van der Waals surface area (Å²) in [4.78, 5) is 22.5. The first-order valence-electron chi connectivity index (χ1n) is 8.33. The van der Waals surface area contributed by atoms with Crippen LogP contribution in [0, 0.1) is 0 Å². The van der Waals surface area contributed by atoms with E-state index in [1.807, 2.05) is 0 Å². The molecule has 0 rings (SSSR count). The van der Waals surface area contributed by atoms with E-state index in [2.05, 4.69) is 9.47 Å². The maximum Gasteiger partial charge on any atom is 0.460 e. The Kier molecular flexibility index (Phi) is 9.25. The molecule has 0 aromatic carbocycles. The lowest BCUT2D eigenvalue weighted by atomic mass is 10.0. The van der Waals surface area contributed by atoms with Gasteiger partial charge in [0.1, 0.15) is 0 Å². The number of carbonyl (C=O) groups excluding carboxylic acids is 2. The van der Waals surface area contributed by atoms with Gasteiger partial charge in [-0.3, -0.25) is 0 Å². The van der Waals surface area contributed by atoms with E-state index >= 15 is 0 Å². The second-order valence-corrected chi connectivity index (χ2v) is 6.71. The first kappa shape index (κ1) is 34.4. The summed E-state index contributed by atoms with van der Waals surface area (Å²) in [5.41, 5.74) is -1.50. The summed E-state index contributed by atoms with van der Waals surface area (Å²) in [6, 6.07) is 0. The monoisotopic (exact) mass is 594 g/mol. The SMILES string of the molecule is C/C(=C/C(=O)OCC(F)(F)C(F)(F)C(F)(F)C(F)(F)F)C(=O)OCC(F)(F)C(F)(F)C(F)(F)C(F)(F)F. The lowest BCUT2D eigenvalue weighted by Crippen LogP contribution is -2.62. The number of alkyl halides is 18. The molecule has 0 N–H and O–H groups in total. The molecule has 0 atom stereocenters. The Labute approximate surface area is 191 Å². The first-order valence-corrected chi connectivity index (χ1v) is 8.33. The minimum atomic E-state index is -7.36. The van der Waals surface area contributed by atoms with Gasteiger partial charge in [0.25, 0.3) is 0 Å². The van der Waals surface area contributed by atoms with Crippen LogP contribution in [-0.4, -0.2) is 73.0 Å². The summed E-state index contributed by atoms with van der Waals surface area (Å²) >= 11 is 0. The summed E-state index contributed by atoms with van der Waals surface area (Å²) in [6.07, 6.45) is -14.9. The van der Waals surface area contributed by atoms with Crippen LogP contribution in [0.15, 0.2) is 11.6 Å². The molecule has 37 heavy (non-hydrogen) atoms. The van der Waals surface area contributed by atoms with Gasteiger partial charge >= 0.3 is 59.8 Å². The topological polar surface area (TPSA) is 52.6 Å². The van der Waals surface area contributed by atoms with Crippen LogP contribution < -0.4 is 0 Å². The van der Waals surface area contributed by atoms with Gasteiger partial charge in [0, 0.05) is 11.6 Å². The van der Waals surface area contributed by atoms with Gasteiger partial charge < -0.3 is 9.47 Å². The molecular weight excluding hydrogens is 586 g/mol. The summed E-state index contributed by atoms with van der Waals surface area (Å²) < 4.78 is 234. The summed E-state index contributed by atoms with van der Waals surface area (Å²) in [7, 11) is 0. The van der Waals surface area contributed by atoms with Gasteiger partial charge in [0.2, 0.25) is 0 Å². The molecule has 0 aliphatic carbocycles. The molecule has 0 spiro atoms. The lowest BCUT2D eigenvalue weighted by Gasteiger charge is -2.33. The molecule has 0 saturated carbocycles. The molecule has 0 aromatic heterocycles. The number of hydrogen-bond donors (Lipinski definition) is 0. The highest BCUT2D eigenvalue weighted by Gasteiger charge is 2.83. The summed E-state index contributed by atoms with van der Waals surface area (Å²) in [6.45, 7) is -6.17. The van der Waals surface area contributed by atoms with Gasteiger partial charge in [-0.1, -0.05) is 0 Å². The Balaban J connectivity index is 5.44. The quantitative estimate of drug-likeness (QED) is 0.178. The zero-order chi connectivity index (χ0) is 30.3. The highest BCUT2D eigenvalue weighted by Crippen LogP contribution is 2.54. The zero-order valence-corrected chi connectivity index (χ0v) is 16.9. The predicted octanol–water partition coefficient (Wildman–Crippen LogP) is 5.96. The van der Waals surface area contributed by atoms with E-state index in [0.717, 1.165) is 0 Å². The van der Waals surface area contributed by atoms with E-state index in [1.54, 1.807) is 0 Å². The lowest BCUT2D eigenvalue weighted by molar-refractivity contribution is -0.398. The fourth-order valence-electron chi connectivity index (χ4n) is 1.71. The maximum absolute atomic E-state index is 13.2. The fraction of sp³-hybridized carbons (Fsp3) is 0.733. The Hall–Kier alpha value is -2.58. The van der Waals surface area contributed by atoms with E-state index in [4.69, 9.17) is 0 Å². The molecular formula is C15H8F18O4. The summed E-state index contributed by atoms with van der Waals surface area (Å²) in [5.74, 6) is -46.9.